The summed E-state index contributed by atoms with van der Waals surface area (Å²) in [6.45, 7) is 13.7. The lowest BCUT2D eigenvalue weighted by Crippen LogP contribution is -2.42. The van der Waals surface area contributed by atoms with Crippen molar-refractivity contribution < 1.29 is 37.9 Å². The zero-order chi connectivity index (χ0) is 27.4. The van der Waals surface area contributed by atoms with E-state index in [9.17, 15) is 0 Å². The number of hydrogen-bond acceptors (Lipinski definition) is 8. The average Bonchev–Trinajstić information content (AvgIpc) is 3.23. The first-order chi connectivity index (χ1) is 18.4. The van der Waals surface area contributed by atoms with Crippen LogP contribution in [0.4, 0.5) is 0 Å². The molecular weight excluding hydrogens is 488 g/mol. The molecular formula is C30H58O8. The fourth-order valence-corrected chi connectivity index (χ4v) is 4.79. The summed E-state index contributed by atoms with van der Waals surface area (Å²) >= 11 is 0. The molecule has 0 amide bonds. The van der Waals surface area contributed by atoms with Gasteiger partial charge in [0, 0.05) is 0 Å². The number of unbranched alkanes of at least 4 members (excludes halogenated alkanes) is 9. The Morgan fingerprint density at radius 1 is 0.658 bits per heavy atom. The zero-order valence-corrected chi connectivity index (χ0v) is 25.0. The summed E-state index contributed by atoms with van der Waals surface area (Å²) in [7, 11) is 0. The van der Waals surface area contributed by atoms with Crippen molar-refractivity contribution >= 4 is 0 Å². The standard InChI is InChI=1S/C30H58O8/c1-5-6-7-8-9-10-11-12-13-14-15-27-22-32-19-21-36-30(4,25-33-17-16-31-18-20-35-27)26-34-23-28-24-37-29(2,3)38-28/h27-28H,5-26H2,1-4H3. The molecule has 8 heteroatoms. The topological polar surface area (TPSA) is 73.8 Å². The van der Waals surface area contributed by atoms with Crippen LogP contribution in [0.2, 0.25) is 0 Å². The molecule has 2 aliphatic heterocycles. The fraction of sp³-hybridized carbons (Fsp3) is 1.00. The van der Waals surface area contributed by atoms with Crippen LogP contribution in [0.5, 0.6) is 0 Å². The molecule has 3 unspecified atom stereocenters. The minimum absolute atomic E-state index is 0.0685. The lowest BCUT2D eigenvalue weighted by Gasteiger charge is -2.30. The van der Waals surface area contributed by atoms with Crippen LogP contribution < -0.4 is 0 Å². The summed E-state index contributed by atoms with van der Waals surface area (Å²) in [5.74, 6) is -0.549. The van der Waals surface area contributed by atoms with Gasteiger partial charge in [0.05, 0.1) is 78.8 Å². The highest BCUT2D eigenvalue weighted by Crippen LogP contribution is 2.23. The molecule has 0 aromatic rings. The van der Waals surface area contributed by atoms with E-state index < -0.39 is 11.4 Å². The van der Waals surface area contributed by atoms with E-state index in [1.807, 2.05) is 20.8 Å². The summed E-state index contributed by atoms with van der Waals surface area (Å²) in [4.78, 5) is 0. The van der Waals surface area contributed by atoms with Gasteiger partial charge in [0.25, 0.3) is 0 Å². The van der Waals surface area contributed by atoms with Crippen LogP contribution in [0.3, 0.4) is 0 Å². The van der Waals surface area contributed by atoms with Crippen molar-refractivity contribution in [3.05, 3.63) is 0 Å². The molecule has 0 aliphatic carbocycles. The highest BCUT2D eigenvalue weighted by atomic mass is 16.7. The Kier molecular flexibility index (Phi) is 18.3. The molecule has 0 N–H and O–H groups in total. The lowest BCUT2D eigenvalue weighted by molar-refractivity contribution is -0.160. The molecule has 3 atom stereocenters. The second-order valence-electron chi connectivity index (χ2n) is 11.5. The molecule has 2 rings (SSSR count). The Bertz CT molecular complexity index is 560. The summed E-state index contributed by atoms with van der Waals surface area (Å²) in [6.07, 6.45) is 14.4. The summed E-state index contributed by atoms with van der Waals surface area (Å²) in [6, 6.07) is 0. The minimum Gasteiger partial charge on any atom is -0.377 e. The van der Waals surface area contributed by atoms with E-state index in [0.717, 1.165) is 6.42 Å². The van der Waals surface area contributed by atoms with Crippen molar-refractivity contribution in [2.45, 2.75) is 122 Å². The van der Waals surface area contributed by atoms with Crippen molar-refractivity contribution in [1.29, 1.82) is 0 Å². The van der Waals surface area contributed by atoms with Gasteiger partial charge in [-0.3, -0.25) is 0 Å². The van der Waals surface area contributed by atoms with E-state index in [2.05, 4.69) is 6.92 Å². The predicted octanol–water partition coefficient (Wildman–Crippen LogP) is 5.69. The molecule has 2 fully saturated rings. The van der Waals surface area contributed by atoms with Gasteiger partial charge in [-0.25, -0.2) is 0 Å². The van der Waals surface area contributed by atoms with Crippen LogP contribution >= 0.6 is 0 Å². The molecule has 0 aromatic heterocycles. The van der Waals surface area contributed by atoms with Gasteiger partial charge in [-0.2, -0.15) is 0 Å². The van der Waals surface area contributed by atoms with Gasteiger partial charge in [0.2, 0.25) is 0 Å². The smallest absolute Gasteiger partial charge is 0.163 e. The van der Waals surface area contributed by atoms with Crippen molar-refractivity contribution in [2.24, 2.45) is 0 Å². The van der Waals surface area contributed by atoms with Crippen LogP contribution in [0, 0.1) is 0 Å². The normalized spacial score (nSPS) is 28.1. The second-order valence-corrected chi connectivity index (χ2v) is 11.5. The second kappa shape index (κ2) is 20.5. The Labute approximate surface area is 232 Å². The summed E-state index contributed by atoms with van der Waals surface area (Å²) < 4.78 is 47.2. The van der Waals surface area contributed by atoms with Gasteiger partial charge in [0.15, 0.2) is 5.79 Å². The SMILES string of the molecule is CCCCCCCCCCCCC1COCCOC(C)(COCC2COC(C)(C)O2)COCCOCCO1. The fourth-order valence-electron chi connectivity index (χ4n) is 4.79. The third-order valence-electron chi connectivity index (χ3n) is 7.00. The number of rotatable bonds is 15. The number of ether oxygens (including phenoxy) is 8. The quantitative estimate of drug-likeness (QED) is 0.243. The maximum Gasteiger partial charge on any atom is 0.163 e. The Hall–Kier alpha value is -0.320. The molecule has 2 aliphatic rings. The molecule has 2 saturated heterocycles. The Morgan fingerprint density at radius 2 is 1.32 bits per heavy atom. The third kappa shape index (κ3) is 16.7. The molecule has 0 bridgehead atoms. The lowest BCUT2D eigenvalue weighted by atomic mass is 10.0. The van der Waals surface area contributed by atoms with E-state index in [1.165, 1.54) is 64.2 Å². The molecule has 8 nitrogen and oxygen atoms in total. The van der Waals surface area contributed by atoms with Crippen LogP contribution in [-0.2, 0) is 37.9 Å². The number of hydrogen-bond donors (Lipinski definition) is 0. The van der Waals surface area contributed by atoms with E-state index in [0.29, 0.717) is 72.7 Å². The summed E-state index contributed by atoms with van der Waals surface area (Å²) in [5, 5.41) is 0. The molecule has 226 valence electrons. The van der Waals surface area contributed by atoms with E-state index in [1.54, 1.807) is 0 Å². The van der Waals surface area contributed by atoms with Gasteiger partial charge in [0.1, 0.15) is 11.7 Å². The monoisotopic (exact) mass is 546 g/mol. The Balaban J connectivity index is 1.64. The van der Waals surface area contributed by atoms with Crippen molar-refractivity contribution in [3.63, 3.8) is 0 Å². The molecule has 0 aromatic carbocycles. The molecule has 0 radical (unpaired) electrons. The highest BCUT2D eigenvalue weighted by molar-refractivity contribution is 4.76. The van der Waals surface area contributed by atoms with Gasteiger partial charge >= 0.3 is 0 Å². The molecule has 2 heterocycles. The summed E-state index contributed by atoms with van der Waals surface area (Å²) in [5.41, 5.74) is -0.579. The Morgan fingerprint density at radius 3 is 2.03 bits per heavy atom. The largest absolute Gasteiger partial charge is 0.377 e. The first-order valence-corrected chi connectivity index (χ1v) is 15.3. The predicted molar refractivity (Wildman–Crippen MR) is 149 cm³/mol. The third-order valence-corrected chi connectivity index (χ3v) is 7.00. The maximum atomic E-state index is 6.18. The van der Waals surface area contributed by atoms with Crippen LogP contribution in [0.15, 0.2) is 0 Å². The minimum atomic E-state index is -0.579. The van der Waals surface area contributed by atoms with Gasteiger partial charge in [-0.1, -0.05) is 71.1 Å². The van der Waals surface area contributed by atoms with Crippen molar-refractivity contribution in [3.8, 4) is 0 Å². The van der Waals surface area contributed by atoms with E-state index in [4.69, 9.17) is 37.9 Å². The van der Waals surface area contributed by atoms with Gasteiger partial charge in [-0.05, 0) is 27.2 Å². The molecule has 38 heavy (non-hydrogen) atoms. The van der Waals surface area contributed by atoms with E-state index in [-0.39, 0.29) is 12.2 Å². The van der Waals surface area contributed by atoms with Crippen LogP contribution in [-0.4, -0.2) is 96.3 Å². The maximum absolute atomic E-state index is 6.18. The molecule has 0 spiro atoms. The van der Waals surface area contributed by atoms with Crippen molar-refractivity contribution in [1.82, 2.24) is 0 Å². The first-order valence-electron chi connectivity index (χ1n) is 15.3. The van der Waals surface area contributed by atoms with Crippen LogP contribution in [0.1, 0.15) is 98.3 Å². The highest BCUT2D eigenvalue weighted by Gasteiger charge is 2.34. The van der Waals surface area contributed by atoms with Gasteiger partial charge in [-0.15, -0.1) is 0 Å². The van der Waals surface area contributed by atoms with Gasteiger partial charge < -0.3 is 37.9 Å². The first kappa shape index (κ1) is 33.9. The average molecular weight is 547 g/mol. The van der Waals surface area contributed by atoms with Crippen molar-refractivity contribution in [2.75, 3.05) is 72.7 Å². The van der Waals surface area contributed by atoms with Crippen LogP contribution in [0.25, 0.3) is 0 Å². The zero-order valence-electron chi connectivity index (χ0n) is 25.0. The van der Waals surface area contributed by atoms with E-state index >= 15 is 0 Å². The molecule has 0 saturated carbocycles.